The van der Waals surface area contributed by atoms with Crippen molar-refractivity contribution in [2.75, 3.05) is 16.0 Å². The number of imide groups is 1. The van der Waals surface area contributed by atoms with E-state index in [1.165, 1.54) is 52.3 Å². The number of benzene rings is 3. The van der Waals surface area contributed by atoms with E-state index in [1.54, 1.807) is 42.5 Å². The van der Waals surface area contributed by atoms with Gasteiger partial charge in [-0.15, -0.1) is 11.3 Å². The van der Waals surface area contributed by atoms with Gasteiger partial charge in [0.25, 0.3) is 11.8 Å². The van der Waals surface area contributed by atoms with Crippen LogP contribution in [0.25, 0.3) is 10.2 Å². The Kier molecular flexibility index (Phi) is 5.20. The van der Waals surface area contributed by atoms with Crippen LogP contribution in [-0.4, -0.2) is 28.5 Å². The first kappa shape index (κ1) is 20.3. The molecule has 0 spiro atoms. The number of anilines is 2. The summed E-state index contributed by atoms with van der Waals surface area (Å²) in [5.74, 6) is -1.15. The highest BCUT2D eigenvalue weighted by atomic mass is 32.2. The van der Waals surface area contributed by atoms with E-state index in [2.05, 4.69) is 10.3 Å². The molecule has 0 unspecified atom stereocenters. The fraction of sp³-hybridized carbons (Fsp3) is 0.0435. The third-order valence-electron chi connectivity index (χ3n) is 4.86. The Hall–Kier alpha value is -3.56. The van der Waals surface area contributed by atoms with Gasteiger partial charge in [-0.2, -0.15) is 0 Å². The summed E-state index contributed by atoms with van der Waals surface area (Å²) >= 11 is 2.66. The van der Waals surface area contributed by atoms with Crippen molar-refractivity contribution in [1.29, 1.82) is 0 Å². The number of hydrogen-bond donors (Lipinski definition) is 1. The topological polar surface area (TPSA) is 79.4 Å². The van der Waals surface area contributed by atoms with Crippen molar-refractivity contribution in [1.82, 2.24) is 4.98 Å². The van der Waals surface area contributed by atoms with Gasteiger partial charge in [0.1, 0.15) is 5.82 Å². The predicted molar refractivity (Wildman–Crippen MR) is 123 cm³/mol. The standard InChI is InChI=1S/C23H14FN3O3S2/c24-13-5-7-14(8-6-13)25-20(28)12-31-23-26-18-10-9-15(11-19(18)32-23)27-21(29)16-3-1-2-4-17(16)22(27)30/h1-11H,12H2,(H,25,28). The van der Waals surface area contributed by atoms with Gasteiger partial charge in [0.15, 0.2) is 4.34 Å². The molecule has 9 heteroatoms. The zero-order chi connectivity index (χ0) is 22.2. The molecular formula is C23H14FN3O3S2. The molecule has 0 bridgehead atoms. The second kappa shape index (κ2) is 8.18. The van der Waals surface area contributed by atoms with Crippen LogP contribution in [0.2, 0.25) is 0 Å². The second-order valence-corrected chi connectivity index (χ2v) is 9.22. The fourth-order valence-corrected chi connectivity index (χ4v) is 5.28. The number of aromatic nitrogens is 1. The molecule has 4 aromatic rings. The Labute approximate surface area is 190 Å². The Morgan fingerprint density at radius 1 is 1.00 bits per heavy atom. The van der Waals surface area contributed by atoms with Crippen molar-refractivity contribution in [2.45, 2.75) is 4.34 Å². The number of fused-ring (bicyclic) bond motifs is 2. The average molecular weight is 464 g/mol. The number of amides is 3. The molecule has 3 aromatic carbocycles. The molecule has 1 aromatic heterocycles. The average Bonchev–Trinajstić information content (AvgIpc) is 3.32. The highest BCUT2D eigenvalue weighted by Gasteiger charge is 2.36. The molecule has 0 fully saturated rings. The summed E-state index contributed by atoms with van der Waals surface area (Å²) in [5, 5.41) is 2.71. The maximum atomic E-state index is 13.0. The third-order valence-corrected chi connectivity index (χ3v) is 7.02. The van der Waals surface area contributed by atoms with Crippen LogP contribution in [-0.2, 0) is 4.79 Å². The quantitative estimate of drug-likeness (QED) is 0.334. The van der Waals surface area contributed by atoms with Gasteiger partial charge in [0.05, 0.1) is 32.8 Å². The molecule has 1 aliphatic rings. The number of thioether (sulfide) groups is 1. The predicted octanol–water partition coefficient (Wildman–Crippen LogP) is 4.97. The molecule has 0 saturated heterocycles. The first-order chi connectivity index (χ1) is 15.5. The zero-order valence-corrected chi connectivity index (χ0v) is 18.0. The lowest BCUT2D eigenvalue weighted by molar-refractivity contribution is -0.113. The number of nitrogens with zero attached hydrogens (tertiary/aromatic N) is 2. The van der Waals surface area contributed by atoms with Crippen molar-refractivity contribution < 1.29 is 18.8 Å². The summed E-state index contributed by atoms with van der Waals surface area (Å²) in [6.07, 6.45) is 0. The molecule has 6 nitrogen and oxygen atoms in total. The van der Waals surface area contributed by atoms with Gasteiger partial charge < -0.3 is 5.32 Å². The van der Waals surface area contributed by atoms with Gasteiger partial charge in [-0.05, 0) is 54.6 Å². The van der Waals surface area contributed by atoms with Crippen LogP contribution in [0.3, 0.4) is 0 Å². The summed E-state index contributed by atoms with van der Waals surface area (Å²) < 4.78 is 14.5. The van der Waals surface area contributed by atoms with E-state index in [0.717, 1.165) is 10.2 Å². The highest BCUT2D eigenvalue weighted by Crippen LogP contribution is 2.35. The minimum Gasteiger partial charge on any atom is -0.325 e. The number of nitrogens with one attached hydrogen (secondary N) is 1. The summed E-state index contributed by atoms with van der Waals surface area (Å²) in [5.41, 5.74) is 2.51. The Bertz CT molecular complexity index is 1350. The zero-order valence-electron chi connectivity index (χ0n) is 16.4. The normalized spacial score (nSPS) is 13.0. The van der Waals surface area contributed by atoms with E-state index in [9.17, 15) is 18.8 Å². The summed E-state index contributed by atoms with van der Waals surface area (Å²) in [7, 11) is 0. The Balaban J connectivity index is 1.30. The first-order valence-electron chi connectivity index (χ1n) is 9.56. The molecule has 0 atom stereocenters. The van der Waals surface area contributed by atoms with E-state index in [-0.39, 0.29) is 29.3 Å². The van der Waals surface area contributed by atoms with Gasteiger partial charge in [-0.25, -0.2) is 14.3 Å². The lowest BCUT2D eigenvalue weighted by atomic mass is 10.1. The van der Waals surface area contributed by atoms with E-state index in [4.69, 9.17) is 0 Å². The van der Waals surface area contributed by atoms with Crippen molar-refractivity contribution in [3.05, 3.63) is 83.7 Å². The van der Waals surface area contributed by atoms with Gasteiger partial charge >= 0.3 is 0 Å². The smallest absolute Gasteiger partial charge is 0.266 e. The fourth-order valence-electron chi connectivity index (χ4n) is 3.37. The molecule has 0 aliphatic carbocycles. The molecule has 1 N–H and O–H groups in total. The summed E-state index contributed by atoms with van der Waals surface area (Å²) in [6.45, 7) is 0. The van der Waals surface area contributed by atoms with E-state index in [1.807, 2.05) is 0 Å². The van der Waals surface area contributed by atoms with Crippen LogP contribution >= 0.6 is 23.1 Å². The molecular weight excluding hydrogens is 449 g/mol. The molecule has 3 amide bonds. The number of rotatable bonds is 5. The van der Waals surface area contributed by atoms with E-state index in [0.29, 0.717) is 26.8 Å². The SMILES string of the molecule is O=C(CSc1nc2ccc(N3C(=O)c4ccccc4C3=O)cc2s1)Nc1ccc(F)cc1. The maximum absolute atomic E-state index is 13.0. The number of halogens is 1. The Morgan fingerprint density at radius 2 is 1.69 bits per heavy atom. The Morgan fingerprint density at radius 3 is 2.38 bits per heavy atom. The van der Waals surface area contributed by atoms with Crippen LogP contribution in [0.4, 0.5) is 15.8 Å². The van der Waals surface area contributed by atoms with Crippen molar-refractivity contribution in [3.63, 3.8) is 0 Å². The number of carbonyl (C=O) groups is 3. The summed E-state index contributed by atoms with van der Waals surface area (Å²) in [6, 6.07) is 17.5. The van der Waals surface area contributed by atoms with Gasteiger partial charge in [0, 0.05) is 5.69 Å². The molecule has 0 radical (unpaired) electrons. The third kappa shape index (κ3) is 3.76. The van der Waals surface area contributed by atoms with Crippen LogP contribution in [0, 0.1) is 5.82 Å². The van der Waals surface area contributed by atoms with Gasteiger partial charge in [-0.3, -0.25) is 14.4 Å². The highest BCUT2D eigenvalue weighted by molar-refractivity contribution is 8.01. The van der Waals surface area contributed by atoms with Gasteiger partial charge in [-0.1, -0.05) is 23.9 Å². The van der Waals surface area contributed by atoms with Crippen LogP contribution in [0.5, 0.6) is 0 Å². The number of hydrogen-bond acceptors (Lipinski definition) is 6. The molecule has 158 valence electrons. The van der Waals surface area contributed by atoms with E-state index < -0.39 is 0 Å². The minimum atomic E-state index is -0.368. The largest absolute Gasteiger partial charge is 0.325 e. The minimum absolute atomic E-state index is 0.141. The van der Waals surface area contributed by atoms with Crippen LogP contribution in [0.15, 0.2) is 71.1 Å². The van der Waals surface area contributed by atoms with Crippen molar-refractivity contribution in [3.8, 4) is 0 Å². The van der Waals surface area contributed by atoms with Crippen molar-refractivity contribution in [2.24, 2.45) is 0 Å². The number of thiazole rings is 1. The molecule has 2 heterocycles. The van der Waals surface area contributed by atoms with E-state index >= 15 is 0 Å². The molecule has 32 heavy (non-hydrogen) atoms. The van der Waals surface area contributed by atoms with Gasteiger partial charge in [0.2, 0.25) is 5.91 Å². The maximum Gasteiger partial charge on any atom is 0.266 e. The first-order valence-corrected chi connectivity index (χ1v) is 11.4. The molecule has 1 aliphatic heterocycles. The second-order valence-electron chi connectivity index (χ2n) is 6.97. The van der Waals surface area contributed by atoms with Crippen molar-refractivity contribution >= 4 is 62.4 Å². The molecule has 5 rings (SSSR count). The molecule has 0 saturated carbocycles. The van der Waals surface area contributed by atoms with Crippen LogP contribution < -0.4 is 10.2 Å². The monoisotopic (exact) mass is 463 g/mol. The number of carbonyl (C=O) groups excluding carboxylic acids is 3. The summed E-state index contributed by atoms with van der Waals surface area (Å²) in [4.78, 5) is 43.3. The van der Waals surface area contributed by atoms with Crippen LogP contribution in [0.1, 0.15) is 20.7 Å². The lowest BCUT2D eigenvalue weighted by Crippen LogP contribution is -2.29. The lowest BCUT2D eigenvalue weighted by Gasteiger charge is -2.13.